The van der Waals surface area contributed by atoms with Gasteiger partial charge in [-0.1, -0.05) is 6.07 Å². The van der Waals surface area contributed by atoms with Crippen LogP contribution in [-0.4, -0.2) is 32.5 Å². The van der Waals surface area contributed by atoms with Gasteiger partial charge in [0.15, 0.2) is 5.82 Å². The van der Waals surface area contributed by atoms with E-state index in [0.717, 1.165) is 52.9 Å². The average Bonchev–Trinajstić information content (AvgIpc) is 3.26. The van der Waals surface area contributed by atoms with Gasteiger partial charge < -0.3 is 5.11 Å². The molecule has 0 atom stereocenters. The molecule has 3 aromatic rings. The smallest absolute Gasteiger partial charge is 0.345 e. The van der Waals surface area contributed by atoms with Crippen LogP contribution in [0.1, 0.15) is 25.8 Å². The number of carboxylic acid groups (broad SMARTS) is 1. The molecule has 0 saturated heterocycles. The Hall–Kier alpha value is -2.09. The molecule has 0 unspecified atom stereocenters. The zero-order chi connectivity index (χ0) is 16.5. The van der Waals surface area contributed by atoms with Crippen molar-refractivity contribution in [3.05, 3.63) is 56.9 Å². The number of nitrogens with zero attached hydrogens (tertiary/aromatic N) is 3. The topological polar surface area (TPSA) is 66.3 Å². The van der Waals surface area contributed by atoms with E-state index in [1.807, 2.05) is 29.8 Å². The highest BCUT2D eigenvalue weighted by molar-refractivity contribution is 7.14. The lowest BCUT2D eigenvalue weighted by Gasteiger charge is -2.27. The van der Waals surface area contributed by atoms with Crippen molar-refractivity contribution >= 4 is 28.6 Å². The summed E-state index contributed by atoms with van der Waals surface area (Å²) >= 11 is 3.00. The third-order valence-electron chi connectivity index (χ3n) is 4.01. The van der Waals surface area contributed by atoms with Crippen LogP contribution >= 0.6 is 22.7 Å². The highest BCUT2D eigenvalue weighted by atomic mass is 32.1. The van der Waals surface area contributed by atoms with E-state index >= 15 is 0 Å². The second-order valence-corrected chi connectivity index (χ2v) is 7.79. The zero-order valence-corrected chi connectivity index (χ0v) is 14.4. The van der Waals surface area contributed by atoms with E-state index in [4.69, 9.17) is 10.1 Å². The van der Waals surface area contributed by atoms with Gasteiger partial charge in [-0.25, -0.2) is 14.8 Å². The predicted octanol–water partition coefficient (Wildman–Crippen LogP) is 3.52. The van der Waals surface area contributed by atoms with Crippen LogP contribution < -0.4 is 0 Å². The second-order valence-electron chi connectivity index (χ2n) is 5.67. The van der Waals surface area contributed by atoms with Gasteiger partial charge in [-0.05, 0) is 23.6 Å². The third-order valence-corrected chi connectivity index (χ3v) is 5.93. The van der Waals surface area contributed by atoms with Gasteiger partial charge in [0.25, 0.3) is 0 Å². The molecule has 0 bridgehead atoms. The van der Waals surface area contributed by atoms with Crippen molar-refractivity contribution in [2.75, 3.05) is 6.54 Å². The lowest BCUT2D eigenvalue weighted by atomic mass is 10.1. The van der Waals surface area contributed by atoms with Crippen LogP contribution in [0, 0.1) is 0 Å². The van der Waals surface area contributed by atoms with E-state index in [0.29, 0.717) is 4.88 Å². The Balaban J connectivity index is 1.48. The maximum Gasteiger partial charge on any atom is 0.345 e. The summed E-state index contributed by atoms with van der Waals surface area (Å²) in [5, 5.41) is 11.1. The van der Waals surface area contributed by atoms with E-state index < -0.39 is 5.97 Å². The molecule has 0 amide bonds. The Morgan fingerprint density at radius 1 is 1.33 bits per heavy atom. The Labute approximate surface area is 147 Å². The summed E-state index contributed by atoms with van der Waals surface area (Å²) in [7, 11) is 0. The lowest BCUT2D eigenvalue weighted by Crippen LogP contribution is -2.30. The minimum atomic E-state index is -0.857. The Morgan fingerprint density at radius 2 is 2.25 bits per heavy atom. The number of thiophene rings is 2. The molecule has 122 valence electrons. The molecule has 1 aliphatic rings. The molecular formula is C17H15N3O2S2. The molecule has 0 aromatic carbocycles. The summed E-state index contributed by atoms with van der Waals surface area (Å²) in [6.45, 7) is 2.50. The highest BCUT2D eigenvalue weighted by Crippen LogP contribution is 2.26. The molecule has 1 aliphatic heterocycles. The fourth-order valence-electron chi connectivity index (χ4n) is 2.83. The number of fused-ring (bicyclic) bond motifs is 1. The van der Waals surface area contributed by atoms with E-state index in [1.165, 1.54) is 11.3 Å². The minimum Gasteiger partial charge on any atom is -0.477 e. The molecule has 5 nitrogen and oxygen atoms in total. The molecule has 0 fully saturated rings. The monoisotopic (exact) mass is 357 g/mol. The zero-order valence-electron chi connectivity index (χ0n) is 12.8. The van der Waals surface area contributed by atoms with Crippen molar-refractivity contribution in [3.63, 3.8) is 0 Å². The number of carboxylic acids is 1. The van der Waals surface area contributed by atoms with Crippen LogP contribution in [-0.2, 0) is 19.5 Å². The summed E-state index contributed by atoms with van der Waals surface area (Å²) in [4.78, 5) is 25.1. The number of carbonyl (C=O) groups is 1. The average molecular weight is 357 g/mol. The van der Waals surface area contributed by atoms with Crippen LogP contribution in [0.5, 0.6) is 0 Å². The quantitative estimate of drug-likeness (QED) is 0.774. The summed E-state index contributed by atoms with van der Waals surface area (Å²) in [6, 6.07) is 7.63. The molecule has 1 N–H and O–H groups in total. The van der Waals surface area contributed by atoms with Crippen LogP contribution in [0.3, 0.4) is 0 Å². The van der Waals surface area contributed by atoms with E-state index in [9.17, 15) is 4.79 Å². The fourth-order valence-corrected chi connectivity index (χ4v) is 4.39. The SMILES string of the molecule is O=C(O)c1ccc(CN2CCc3nc(-c4cccs4)ncc3C2)s1. The van der Waals surface area contributed by atoms with Crippen molar-refractivity contribution < 1.29 is 9.90 Å². The Bertz CT molecular complexity index is 874. The normalized spacial score (nSPS) is 14.5. The molecular weight excluding hydrogens is 342 g/mol. The number of aromatic carboxylic acids is 1. The van der Waals surface area contributed by atoms with Gasteiger partial charge in [0, 0.05) is 42.7 Å². The molecule has 4 rings (SSSR count). The van der Waals surface area contributed by atoms with Crippen LogP contribution in [0.2, 0.25) is 0 Å². The van der Waals surface area contributed by atoms with E-state index in [-0.39, 0.29) is 0 Å². The van der Waals surface area contributed by atoms with Gasteiger partial charge in [-0.2, -0.15) is 0 Å². The van der Waals surface area contributed by atoms with Crippen LogP contribution in [0.25, 0.3) is 10.7 Å². The van der Waals surface area contributed by atoms with Gasteiger partial charge in [0.05, 0.1) is 10.6 Å². The number of rotatable bonds is 4. The van der Waals surface area contributed by atoms with Gasteiger partial charge in [0.2, 0.25) is 0 Å². The Morgan fingerprint density at radius 3 is 3.00 bits per heavy atom. The highest BCUT2D eigenvalue weighted by Gasteiger charge is 2.20. The first kappa shape index (κ1) is 15.4. The van der Waals surface area contributed by atoms with Crippen molar-refractivity contribution in [2.45, 2.75) is 19.5 Å². The molecule has 7 heteroatoms. The molecule has 24 heavy (non-hydrogen) atoms. The summed E-state index contributed by atoms with van der Waals surface area (Å²) in [5.41, 5.74) is 2.29. The van der Waals surface area contributed by atoms with Crippen molar-refractivity contribution in [3.8, 4) is 10.7 Å². The van der Waals surface area contributed by atoms with Gasteiger partial charge >= 0.3 is 5.97 Å². The predicted molar refractivity (Wildman–Crippen MR) is 94.4 cm³/mol. The first-order valence-corrected chi connectivity index (χ1v) is 9.32. The summed E-state index contributed by atoms with van der Waals surface area (Å²) in [6.07, 6.45) is 2.83. The first-order chi connectivity index (χ1) is 11.7. The number of aromatic nitrogens is 2. The van der Waals surface area contributed by atoms with Crippen molar-refractivity contribution in [1.29, 1.82) is 0 Å². The standard InChI is InChI=1S/C17H15N3O2S2/c21-17(22)15-4-3-12(24-15)10-20-6-5-13-11(9-20)8-18-16(19-13)14-2-1-7-23-14/h1-4,7-8H,5-6,9-10H2,(H,21,22). The number of hydrogen-bond acceptors (Lipinski definition) is 6. The second kappa shape index (κ2) is 6.43. The lowest BCUT2D eigenvalue weighted by molar-refractivity contribution is 0.0702. The summed E-state index contributed by atoms with van der Waals surface area (Å²) in [5.74, 6) is -0.0497. The van der Waals surface area contributed by atoms with Crippen LogP contribution in [0.15, 0.2) is 35.8 Å². The molecule has 0 saturated carbocycles. The molecule has 4 heterocycles. The molecule has 3 aromatic heterocycles. The Kier molecular flexibility index (Phi) is 4.13. The molecule has 0 radical (unpaired) electrons. The number of hydrogen-bond donors (Lipinski definition) is 1. The summed E-state index contributed by atoms with van der Waals surface area (Å²) < 4.78 is 0. The third kappa shape index (κ3) is 3.10. The minimum absolute atomic E-state index is 0.395. The largest absolute Gasteiger partial charge is 0.477 e. The van der Waals surface area contributed by atoms with Crippen molar-refractivity contribution in [1.82, 2.24) is 14.9 Å². The van der Waals surface area contributed by atoms with Crippen molar-refractivity contribution in [2.24, 2.45) is 0 Å². The van der Waals surface area contributed by atoms with Crippen LogP contribution in [0.4, 0.5) is 0 Å². The first-order valence-electron chi connectivity index (χ1n) is 7.62. The molecule has 0 aliphatic carbocycles. The molecule has 0 spiro atoms. The van der Waals surface area contributed by atoms with Gasteiger partial charge in [0.1, 0.15) is 4.88 Å². The maximum atomic E-state index is 11.0. The van der Waals surface area contributed by atoms with E-state index in [1.54, 1.807) is 17.4 Å². The maximum absolute atomic E-state index is 11.0. The fraction of sp³-hybridized carbons (Fsp3) is 0.235. The van der Waals surface area contributed by atoms with Gasteiger partial charge in [-0.3, -0.25) is 4.90 Å². The van der Waals surface area contributed by atoms with E-state index in [2.05, 4.69) is 9.88 Å². The van der Waals surface area contributed by atoms with Gasteiger partial charge in [-0.15, -0.1) is 22.7 Å².